The molecule has 1 N–H and O–H groups in total. The quantitative estimate of drug-likeness (QED) is 0.680. The molecule has 0 saturated heterocycles. The van der Waals surface area contributed by atoms with Crippen molar-refractivity contribution in [2.24, 2.45) is 23.7 Å². The van der Waals surface area contributed by atoms with Crippen LogP contribution in [0.5, 0.6) is 0 Å². The van der Waals surface area contributed by atoms with E-state index in [-0.39, 0.29) is 6.10 Å². The molecule has 0 amide bonds. The molecule has 0 aromatic heterocycles. The van der Waals surface area contributed by atoms with Gasteiger partial charge in [0, 0.05) is 0 Å². The van der Waals surface area contributed by atoms with Gasteiger partial charge in [-0.2, -0.15) is 0 Å². The van der Waals surface area contributed by atoms with E-state index in [4.69, 9.17) is 0 Å². The Balaban J connectivity index is 1.71. The van der Waals surface area contributed by atoms with E-state index in [0.29, 0.717) is 11.8 Å². The second kappa shape index (κ2) is 3.52. The SMILES string of the molecule is O[C@@H]1[C@H]2CC[C@H](C2)[C@H]1C1CCCCC1. The van der Waals surface area contributed by atoms with Gasteiger partial charge in [-0.25, -0.2) is 0 Å². The first-order valence-electron chi connectivity index (χ1n) is 6.54. The zero-order valence-corrected chi connectivity index (χ0v) is 8.99. The monoisotopic (exact) mass is 194 g/mol. The van der Waals surface area contributed by atoms with Crippen molar-refractivity contribution in [2.45, 2.75) is 57.5 Å². The highest BCUT2D eigenvalue weighted by atomic mass is 16.3. The van der Waals surface area contributed by atoms with Crippen LogP contribution >= 0.6 is 0 Å². The molecule has 0 spiro atoms. The van der Waals surface area contributed by atoms with Crippen LogP contribution in [0.3, 0.4) is 0 Å². The predicted molar refractivity (Wildman–Crippen MR) is 56.9 cm³/mol. The minimum Gasteiger partial charge on any atom is -0.393 e. The van der Waals surface area contributed by atoms with Crippen molar-refractivity contribution in [2.75, 3.05) is 0 Å². The molecule has 0 radical (unpaired) electrons. The van der Waals surface area contributed by atoms with Gasteiger partial charge in [-0.3, -0.25) is 0 Å². The first kappa shape index (κ1) is 9.21. The van der Waals surface area contributed by atoms with Crippen LogP contribution < -0.4 is 0 Å². The predicted octanol–water partition coefficient (Wildman–Crippen LogP) is 2.97. The number of rotatable bonds is 1. The molecule has 1 heteroatoms. The van der Waals surface area contributed by atoms with E-state index < -0.39 is 0 Å². The lowest BCUT2D eigenvalue weighted by molar-refractivity contribution is 0.0174. The number of aliphatic hydroxyl groups excluding tert-OH is 1. The molecule has 3 fully saturated rings. The zero-order valence-electron chi connectivity index (χ0n) is 8.99. The van der Waals surface area contributed by atoms with Gasteiger partial charge in [0.25, 0.3) is 0 Å². The lowest BCUT2D eigenvalue weighted by Gasteiger charge is -2.36. The van der Waals surface area contributed by atoms with Gasteiger partial charge >= 0.3 is 0 Å². The lowest BCUT2D eigenvalue weighted by atomic mass is 9.71. The average molecular weight is 194 g/mol. The second-order valence-electron chi connectivity index (χ2n) is 5.80. The van der Waals surface area contributed by atoms with Gasteiger partial charge in [0.2, 0.25) is 0 Å². The number of hydrogen-bond donors (Lipinski definition) is 1. The van der Waals surface area contributed by atoms with Crippen LogP contribution in [0.15, 0.2) is 0 Å². The van der Waals surface area contributed by atoms with E-state index in [9.17, 15) is 5.11 Å². The van der Waals surface area contributed by atoms with Crippen LogP contribution in [-0.2, 0) is 0 Å². The molecule has 2 bridgehead atoms. The molecule has 0 aromatic carbocycles. The summed E-state index contributed by atoms with van der Waals surface area (Å²) in [5.74, 6) is 3.17. The minimum atomic E-state index is 0.0804. The van der Waals surface area contributed by atoms with E-state index in [2.05, 4.69) is 0 Å². The number of fused-ring (bicyclic) bond motifs is 2. The zero-order chi connectivity index (χ0) is 9.54. The Morgan fingerprint density at radius 3 is 2.07 bits per heavy atom. The minimum absolute atomic E-state index is 0.0804. The summed E-state index contributed by atoms with van der Waals surface area (Å²) in [4.78, 5) is 0. The van der Waals surface area contributed by atoms with Crippen molar-refractivity contribution in [3.05, 3.63) is 0 Å². The summed E-state index contributed by atoms with van der Waals surface area (Å²) in [5, 5.41) is 10.2. The third-order valence-corrected chi connectivity index (χ3v) is 5.13. The molecular formula is C13H22O. The first-order chi connectivity index (χ1) is 6.86. The Bertz CT molecular complexity index is 205. The van der Waals surface area contributed by atoms with Crippen LogP contribution in [0.2, 0.25) is 0 Å². The van der Waals surface area contributed by atoms with Gasteiger partial charge < -0.3 is 5.11 Å². The highest BCUT2D eigenvalue weighted by Gasteiger charge is 2.49. The van der Waals surface area contributed by atoms with Crippen molar-refractivity contribution in [3.8, 4) is 0 Å². The number of aliphatic hydroxyl groups is 1. The molecule has 3 saturated carbocycles. The molecule has 80 valence electrons. The maximum Gasteiger partial charge on any atom is 0.0601 e. The second-order valence-corrected chi connectivity index (χ2v) is 5.80. The van der Waals surface area contributed by atoms with Crippen LogP contribution in [0.25, 0.3) is 0 Å². The fourth-order valence-electron chi connectivity index (χ4n) is 4.49. The van der Waals surface area contributed by atoms with Gasteiger partial charge in [-0.05, 0) is 42.9 Å². The lowest BCUT2D eigenvalue weighted by Crippen LogP contribution is -2.34. The van der Waals surface area contributed by atoms with Gasteiger partial charge in [0.1, 0.15) is 0 Å². The van der Waals surface area contributed by atoms with E-state index in [0.717, 1.165) is 11.8 Å². The van der Waals surface area contributed by atoms with Crippen molar-refractivity contribution >= 4 is 0 Å². The Hall–Kier alpha value is -0.0400. The summed E-state index contributed by atoms with van der Waals surface area (Å²) >= 11 is 0. The van der Waals surface area contributed by atoms with Gasteiger partial charge in [-0.1, -0.05) is 32.1 Å². The van der Waals surface area contributed by atoms with Crippen LogP contribution in [0.4, 0.5) is 0 Å². The van der Waals surface area contributed by atoms with Crippen molar-refractivity contribution in [1.82, 2.24) is 0 Å². The van der Waals surface area contributed by atoms with Gasteiger partial charge in [0.05, 0.1) is 6.10 Å². The summed E-state index contributed by atoms with van der Waals surface area (Å²) in [6.07, 6.45) is 11.3. The fraction of sp³-hybridized carbons (Fsp3) is 1.00. The first-order valence-corrected chi connectivity index (χ1v) is 6.54. The standard InChI is InChI=1S/C13H22O/c14-13-11-7-6-10(8-11)12(13)9-4-2-1-3-5-9/h9-14H,1-8H2/t10-,11+,12-,13-/m1/s1. The van der Waals surface area contributed by atoms with Crippen LogP contribution in [0, 0.1) is 23.7 Å². The fourth-order valence-corrected chi connectivity index (χ4v) is 4.49. The normalized spacial score (nSPS) is 48.6. The average Bonchev–Trinajstić information content (AvgIpc) is 2.79. The summed E-state index contributed by atoms with van der Waals surface area (Å²) < 4.78 is 0. The largest absolute Gasteiger partial charge is 0.393 e. The molecule has 14 heavy (non-hydrogen) atoms. The third-order valence-electron chi connectivity index (χ3n) is 5.13. The highest BCUT2D eigenvalue weighted by molar-refractivity contribution is 4.99. The summed E-state index contributed by atoms with van der Waals surface area (Å²) in [6, 6.07) is 0. The van der Waals surface area contributed by atoms with E-state index in [1.54, 1.807) is 0 Å². The molecular weight excluding hydrogens is 172 g/mol. The molecule has 3 aliphatic rings. The smallest absolute Gasteiger partial charge is 0.0601 e. The third kappa shape index (κ3) is 1.32. The molecule has 0 aromatic rings. The van der Waals surface area contributed by atoms with Gasteiger partial charge in [-0.15, -0.1) is 0 Å². The summed E-state index contributed by atoms with van der Waals surface area (Å²) in [7, 11) is 0. The molecule has 3 aliphatic carbocycles. The summed E-state index contributed by atoms with van der Waals surface area (Å²) in [5.41, 5.74) is 0. The number of hydrogen-bond acceptors (Lipinski definition) is 1. The van der Waals surface area contributed by atoms with Gasteiger partial charge in [0.15, 0.2) is 0 Å². The van der Waals surface area contributed by atoms with E-state index >= 15 is 0 Å². The Kier molecular flexibility index (Phi) is 2.31. The Morgan fingerprint density at radius 1 is 0.714 bits per heavy atom. The summed E-state index contributed by atoms with van der Waals surface area (Å²) in [6.45, 7) is 0. The molecule has 0 aliphatic heterocycles. The van der Waals surface area contributed by atoms with Crippen LogP contribution in [-0.4, -0.2) is 11.2 Å². The van der Waals surface area contributed by atoms with Crippen molar-refractivity contribution in [1.29, 1.82) is 0 Å². The van der Waals surface area contributed by atoms with E-state index in [1.165, 1.54) is 51.4 Å². The van der Waals surface area contributed by atoms with E-state index in [1.807, 2.05) is 0 Å². The molecule has 0 unspecified atom stereocenters. The van der Waals surface area contributed by atoms with Crippen molar-refractivity contribution < 1.29 is 5.11 Å². The van der Waals surface area contributed by atoms with Crippen LogP contribution in [0.1, 0.15) is 51.4 Å². The highest BCUT2D eigenvalue weighted by Crippen LogP contribution is 2.53. The maximum absolute atomic E-state index is 10.2. The molecule has 1 nitrogen and oxygen atoms in total. The Morgan fingerprint density at radius 2 is 1.43 bits per heavy atom. The Labute approximate surface area is 86.9 Å². The van der Waals surface area contributed by atoms with Crippen molar-refractivity contribution in [3.63, 3.8) is 0 Å². The molecule has 0 heterocycles. The topological polar surface area (TPSA) is 20.2 Å². The molecule has 3 rings (SSSR count). The maximum atomic E-state index is 10.2. The molecule has 4 atom stereocenters.